The Morgan fingerprint density at radius 1 is 1.12 bits per heavy atom. The number of halogens is 2. The van der Waals surface area contributed by atoms with Crippen LogP contribution in [0, 0.1) is 11.6 Å². The molecule has 0 atom stereocenters. The minimum Gasteiger partial charge on any atom is -0.324 e. The van der Waals surface area contributed by atoms with E-state index in [1.807, 2.05) is 0 Å². The molecule has 2 aromatic rings. The van der Waals surface area contributed by atoms with E-state index in [-0.39, 0.29) is 11.3 Å². The van der Waals surface area contributed by atoms with Crippen LogP contribution in [0.15, 0.2) is 36.5 Å². The average molecular weight is 221 g/mol. The lowest BCUT2D eigenvalue weighted by atomic mass is 10.1. The van der Waals surface area contributed by atoms with Gasteiger partial charge in [0.05, 0.1) is 16.9 Å². The van der Waals surface area contributed by atoms with Gasteiger partial charge in [0.2, 0.25) is 0 Å². The first kappa shape index (κ1) is 10.5. The van der Waals surface area contributed by atoms with Crippen molar-refractivity contribution in [3.8, 4) is 11.3 Å². The molecule has 0 aliphatic carbocycles. The Kier molecular flexibility index (Phi) is 2.78. The van der Waals surface area contributed by atoms with Crippen molar-refractivity contribution in [1.82, 2.24) is 4.98 Å². The van der Waals surface area contributed by atoms with Gasteiger partial charge in [-0.05, 0) is 24.3 Å². The summed E-state index contributed by atoms with van der Waals surface area (Å²) < 4.78 is 26.9. The number of hydrogen-bond donors (Lipinski definition) is 2. The van der Waals surface area contributed by atoms with E-state index in [9.17, 15) is 8.78 Å². The first-order chi connectivity index (χ1) is 7.72. The van der Waals surface area contributed by atoms with Crippen LogP contribution in [0.5, 0.6) is 0 Å². The molecule has 2 rings (SSSR count). The van der Waals surface area contributed by atoms with Crippen molar-refractivity contribution in [2.45, 2.75) is 0 Å². The zero-order chi connectivity index (χ0) is 11.5. The van der Waals surface area contributed by atoms with Crippen LogP contribution in [0.25, 0.3) is 11.3 Å². The normalized spacial score (nSPS) is 10.2. The van der Waals surface area contributed by atoms with Gasteiger partial charge in [-0.25, -0.2) is 8.78 Å². The highest BCUT2D eigenvalue weighted by atomic mass is 19.1. The molecule has 0 saturated carbocycles. The van der Waals surface area contributed by atoms with Gasteiger partial charge in [-0.15, -0.1) is 0 Å². The quantitative estimate of drug-likeness (QED) is 0.604. The van der Waals surface area contributed by atoms with Crippen molar-refractivity contribution in [2.24, 2.45) is 5.84 Å². The summed E-state index contributed by atoms with van der Waals surface area (Å²) in [7, 11) is 0. The molecule has 0 bridgehead atoms. The molecule has 0 fully saturated rings. The van der Waals surface area contributed by atoms with Crippen molar-refractivity contribution < 1.29 is 8.78 Å². The largest absolute Gasteiger partial charge is 0.324 e. The van der Waals surface area contributed by atoms with E-state index in [4.69, 9.17) is 5.84 Å². The number of anilines is 1. The summed E-state index contributed by atoms with van der Waals surface area (Å²) >= 11 is 0. The Labute approximate surface area is 90.9 Å². The van der Waals surface area contributed by atoms with Crippen LogP contribution in [0.4, 0.5) is 14.5 Å². The molecule has 0 saturated heterocycles. The van der Waals surface area contributed by atoms with Gasteiger partial charge in [0.15, 0.2) is 0 Å². The van der Waals surface area contributed by atoms with Crippen molar-refractivity contribution in [2.75, 3.05) is 5.43 Å². The molecule has 5 heteroatoms. The van der Waals surface area contributed by atoms with Gasteiger partial charge in [-0.2, -0.15) is 0 Å². The summed E-state index contributed by atoms with van der Waals surface area (Å²) in [6.45, 7) is 0. The van der Waals surface area contributed by atoms with E-state index in [0.29, 0.717) is 5.69 Å². The maximum atomic E-state index is 13.4. The summed E-state index contributed by atoms with van der Waals surface area (Å²) in [5.41, 5.74) is 2.97. The van der Waals surface area contributed by atoms with Crippen LogP contribution < -0.4 is 11.3 Å². The third-order valence-corrected chi connectivity index (χ3v) is 2.15. The number of aromatic nitrogens is 1. The molecule has 82 valence electrons. The molecular formula is C11H9F2N3. The second-order valence-corrected chi connectivity index (χ2v) is 3.17. The van der Waals surface area contributed by atoms with E-state index in [0.717, 1.165) is 0 Å². The second kappa shape index (κ2) is 4.24. The number of nitrogens with two attached hydrogens (primary N) is 1. The summed E-state index contributed by atoms with van der Waals surface area (Å²) in [5, 5.41) is 0. The summed E-state index contributed by atoms with van der Waals surface area (Å²) in [5.74, 6) is 3.91. The van der Waals surface area contributed by atoms with Crippen LogP contribution in [-0.4, -0.2) is 4.98 Å². The topological polar surface area (TPSA) is 50.9 Å². The molecule has 0 aliphatic heterocycles. The smallest absolute Gasteiger partial charge is 0.135 e. The van der Waals surface area contributed by atoms with Crippen molar-refractivity contribution >= 4 is 5.69 Å². The lowest BCUT2D eigenvalue weighted by molar-refractivity contribution is 0.588. The van der Waals surface area contributed by atoms with Gasteiger partial charge in [0, 0.05) is 6.20 Å². The zero-order valence-corrected chi connectivity index (χ0v) is 8.24. The van der Waals surface area contributed by atoms with Gasteiger partial charge in [0.25, 0.3) is 0 Å². The molecule has 16 heavy (non-hydrogen) atoms. The molecule has 0 spiro atoms. The fourth-order valence-corrected chi connectivity index (χ4v) is 1.40. The Bertz CT molecular complexity index is 494. The first-order valence-electron chi connectivity index (χ1n) is 4.59. The fraction of sp³-hybridized carbons (Fsp3) is 0. The van der Waals surface area contributed by atoms with Crippen LogP contribution in [0.3, 0.4) is 0 Å². The maximum absolute atomic E-state index is 13.4. The predicted molar refractivity (Wildman–Crippen MR) is 57.4 cm³/mol. The molecule has 0 amide bonds. The van der Waals surface area contributed by atoms with Gasteiger partial charge >= 0.3 is 0 Å². The Morgan fingerprint density at radius 3 is 2.44 bits per heavy atom. The number of hydrazine groups is 1. The number of pyridine rings is 1. The zero-order valence-electron chi connectivity index (χ0n) is 8.24. The number of benzene rings is 1. The molecule has 1 aromatic carbocycles. The van der Waals surface area contributed by atoms with Crippen LogP contribution in [0.2, 0.25) is 0 Å². The average Bonchev–Trinajstić information content (AvgIpc) is 2.29. The van der Waals surface area contributed by atoms with Crippen LogP contribution >= 0.6 is 0 Å². The summed E-state index contributed by atoms with van der Waals surface area (Å²) in [6.07, 6.45) is 1.43. The molecule has 0 aliphatic rings. The number of nitrogens with zero attached hydrogens (tertiary/aromatic N) is 1. The molecule has 3 N–H and O–H groups in total. The number of rotatable bonds is 2. The minimum atomic E-state index is -0.651. The third kappa shape index (κ3) is 1.85. The maximum Gasteiger partial charge on any atom is 0.135 e. The summed E-state index contributed by atoms with van der Waals surface area (Å²) in [4.78, 5) is 3.90. The van der Waals surface area contributed by atoms with E-state index >= 15 is 0 Å². The van der Waals surface area contributed by atoms with E-state index in [1.165, 1.54) is 30.5 Å². The molecule has 0 unspecified atom stereocenters. The minimum absolute atomic E-state index is 0.153. The molecule has 1 aromatic heterocycles. The number of hydrogen-bond acceptors (Lipinski definition) is 3. The Morgan fingerprint density at radius 2 is 1.81 bits per heavy atom. The lowest BCUT2D eigenvalue weighted by Crippen LogP contribution is -2.07. The van der Waals surface area contributed by atoms with E-state index in [2.05, 4.69) is 10.4 Å². The predicted octanol–water partition coefficient (Wildman–Crippen LogP) is 2.31. The van der Waals surface area contributed by atoms with Crippen LogP contribution in [-0.2, 0) is 0 Å². The number of nitrogen functional groups attached to an aromatic ring is 1. The molecule has 1 heterocycles. The van der Waals surface area contributed by atoms with Crippen molar-refractivity contribution in [3.63, 3.8) is 0 Å². The highest BCUT2D eigenvalue weighted by Crippen LogP contribution is 2.25. The third-order valence-electron chi connectivity index (χ3n) is 2.15. The molecule has 0 radical (unpaired) electrons. The first-order valence-corrected chi connectivity index (χ1v) is 4.59. The highest BCUT2D eigenvalue weighted by molar-refractivity contribution is 5.64. The van der Waals surface area contributed by atoms with Gasteiger partial charge < -0.3 is 5.43 Å². The van der Waals surface area contributed by atoms with Crippen molar-refractivity contribution in [1.29, 1.82) is 0 Å². The lowest BCUT2D eigenvalue weighted by Gasteiger charge is -2.06. The van der Waals surface area contributed by atoms with Gasteiger partial charge in [0.1, 0.15) is 11.6 Å². The highest BCUT2D eigenvalue weighted by Gasteiger charge is 2.12. The standard InChI is InChI=1S/C11H9F2N3/c12-8-2-1-3-9(13)11(8)10-6-7(16-14)4-5-15-10/h1-6H,14H2,(H,15,16). The Hall–Kier alpha value is -2.01. The second-order valence-electron chi connectivity index (χ2n) is 3.17. The molecular weight excluding hydrogens is 212 g/mol. The van der Waals surface area contributed by atoms with Crippen LogP contribution in [0.1, 0.15) is 0 Å². The fourth-order valence-electron chi connectivity index (χ4n) is 1.40. The van der Waals surface area contributed by atoms with E-state index in [1.54, 1.807) is 6.07 Å². The van der Waals surface area contributed by atoms with E-state index < -0.39 is 11.6 Å². The number of nitrogens with one attached hydrogen (secondary N) is 1. The monoisotopic (exact) mass is 221 g/mol. The van der Waals surface area contributed by atoms with Gasteiger partial charge in [-0.1, -0.05) is 6.07 Å². The molecule has 3 nitrogen and oxygen atoms in total. The summed E-state index contributed by atoms with van der Waals surface area (Å²) in [6, 6.07) is 6.74. The Balaban J connectivity index is 2.58. The van der Waals surface area contributed by atoms with Crippen molar-refractivity contribution in [3.05, 3.63) is 48.2 Å². The SMILES string of the molecule is NNc1ccnc(-c2c(F)cccc2F)c1. The van der Waals surface area contributed by atoms with Gasteiger partial charge in [-0.3, -0.25) is 10.8 Å².